The first-order valence-corrected chi connectivity index (χ1v) is 6.91. The Kier molecular flexibility index (Phi) is 3.37. The van der Waals surface area contributed by atoms with Gasteiger partial charge in [0.25, 0.3) is 0 Å². The van der Waals surface area contributed by atoms with Gasteiger partial charge in [-0.05, 0) is 25.5 Å². The minimum absolute atomic E-state index is 0.897. The second kappa shape index (κ2) is 5.33. The maximum Gasteiger partial charge on any atom is 0.207 e. The van der Waals surface area contributed by atoms with E-state index in [0.29, 0.717) is 0 Å². The molecule has 2 aromatic heterocycles. The molecule has 2 heterocycles. The van der Waals surface area contributed by atoms with Gasteiger partial charge in [0, 0.05) is 41.6 Å². The van der Waals surface area contributed by atoms with Crippen molar-refractivity contribution in [3.63, 3.8) is 0 Å². The second-order valence-electron chi connectivity index (χ2n) is 4.93. The maximum atomic E-state index is 4.57. The number of anilines is 2. The Morgan fingerprint density at radius 1 is 1.25 bits per heavy atom. The Morgan fingerprint density at radius 3 is 3.00 bits per heavy atom. The molecule has 0 amide bonds. The van der Waals surface area contributed by atoms with E-state index in [9.17, 15) is 0 Å². The number of hydrogen-bond donors (Lipinski definition) is 1. The van der Waals surface area contributed by atoms with Gasteiger partial charge in [0.05, 0.1) is 5.69 Å². The monoisotopic (exact) mass is 266 g/mol. The third-order valence-electron chi connectivity index (χ3n) is 3.29. The van der Waals surface area contributed by atoms with Gasteiger partial charge in [0.15, 0.2) is 0 Å². The molecule has 0 saturated carbocycles. The summed E-state index contributed by atoms with van der Waals surface area (Å²) >= 11 is 0. The van der Waals surface area contributed by atoms with E-state index in [-0.39, 0.29) is 0 Å². The number of benzene rings is 1. The van der Waals surface area contributed by atoms with Gasteiger partial charge < -0.3 is 9.88 Å². The number of hydrogen-bond acceptors (Lipinski definition) is 3. The zero-order valence-electron chi connectivity index (χ0n) is 11.8. The average Bonchev–Trinajstić information content (AvgIpc) is 2.80. The molecule has 3 rings (SSSR count). The fourth-order valence-corrected chi connectivity index (χ4v) is 2.41. The molecule has 0 bridgehead atoms. The van der Waals surface area contributed by atoms with Gasteiger partial charge in [-0.3, -0.25) is 4.98 Å². The van der Waals surface area contributed by atoms with Gasteiger partial charge >= 0.3 is 0 Å². The van der Waals surface area contributed by atoms with Crippen molar-refractivity contribution >= 4 is 22.4 Å². The standard InChI is InChI=1S/C16H18N4/c1-3-9-20-11-12(2)18-16(20)19-15-6-4-5-13-10-17-8-7-14(13)15/h4-8,10-11H,3,9H2,1-2H3,(H,18,19). The number of imidazole rings is 1. The molecule has 0 aliphatic rings. The molecular formula is C16H18N4. The quantitative estimate of drug-likeness (QED) is 0.779. The number of fused-ring (bicyclic) bond motifs is 1. The summed E-state index contributed by atoms with van der Waals surface area (Å²) in [4.78, 5) is 8.73. The van der Waals surface area contributed by atoms with Crippen molar-refractivity contribution in [2.45, 2.75) is 26.8 Å². The van der Waals surface area contributed by atoms with E-state index in [1.165, 1.54) is 0 Å². The number of nitrogens with zero attached hydrogens (tertiary/aromatic N) is 3. The molecule has 1 N–H and O–H groups in total. The maximum absolute atomic E-state index is 4.57. The molecule has 0 aliphatic carbocycles. The predicted octanol–water partition coefficient (Wildman–Crippen LogP) is 3.89. The highest BCUT2D eigenvalue weighted by Gasteiger charge is 2.07. The smallest absolute Gasteiger partial charge is 0.207 e. The lowest BCUT2D eigenvalue weighted by atomic mass is 10.1. The van der Waals surface area contributed by atoms with Crippen LogP contribution in [0.4, 0.5) is 11.6 Å². The van der Waals surface area contributed by atoms with Crippen molar-refractivity contribution in [3.05, 3.63) is 48.5 Å². The van der Waals surface area contributed by atoms with Crippen LogP contribution >= 0.6 is 0 Å². The summed E-state index contributed by atoms with van der Waals surface area (Å²) in [7, 11) is 0. The molecule has 0 saturated heterocycles. The van der Waals surface area contributed by atoms with Gasteiger partial charge in [-0.1, -0.05) is 19.1 Å². The van der Waals surface area contributed by atoms with E-state index in [0.717, 1.165) is 41.1 Å². The highest BCUT2D eigenvalue weighted by molar-refractivity contribution is 5.94. The first kappa shape index (κ1) is 12.7. The van der Waals surface area contributed by atoms with E-state index < -0.39 is 0 Å². The molecule has 4 nitrogen and oxygen atoms in total. The summed E-state index contributed by atoms with van der Waals surface area (Å²) in [6.45, 7) is 5.16. The molecule has 0 fully saturated rings. The van der Waals surface area contributed by atoms with Gasteiger partial charge in [-0.15, -0.1) is 0 Å². The summed E-state index contributed by atoms with van der Waals surface area (Å²) in [6, 6.07) is 8.20. The molecule has 0 spiro atoms. The molecule has 0 radical (unpaired) electrons. The van der Waals surface area contributed by atoms with Crippen LogP contribution in [0.25, 0.3) is 10.8 Å². The molecule has 4 heteroatoms. The number of aromatic nitrogens is 3. The lowest BCUT2D eigenvalue weighted by molar-refractivity contribution is 0.686. The van der Waals surface area contributed by atoms with Crippen molar-refractivity contribution in [1.82, 2.24) is 14.5 Å². The van der Waals surface area contributed by atoms with Crippen molar-refractivity contribution in [2.24, 2.45) is 0 Å². The lowest BCUT2D eigenvalue weighted by Gasteiger charge is -2.11. The average molecular weight is 266 g/mol. The summed E-state index contributed by atoms with van der Waals surface area (Å²) < 4.78 is 2.16. The number of nitrogens with one attached hydrogen (secondary N) is 1. The van der Waals surface area contributed by atoms with Crippen molar-refractivity contribution in [2.75, 3.05) is 5.32 Å². The van der Waals surface area contributed by atoms with E-state index in [1.54, 1.807) is 0 Å². The summed E-state index contributed by atoms with van der Waals surface area (Å²) in [5, 5.41) is 5.73. The van der Waals surface area contributed by atoms with Gasteiger partial charge in [0.2, 0.25) is 5.95 Å². The molecule has 0 unspecified atom stereocenters. The van der Waals surface area contributed by atoms with E-state index >= 15 is 0 Å². The third kappa shape index (κ3) is 2.37. The number of pyridine rings is 1. The highest BCUT2D eigenvalue weighted by Crippen LogP contribution is 2.25. The molecule has 102 valence electrons. The van der Waals surface area contributed by atoms with Gasteiger partial charge in [0.1, 0.15) is 0 Å². The summed E-state index contributed by atoms with van der Waals surface area (Å²) in [5.74, 6) is 0.897. The van der Waals surface area contributed by atoms with Crippen LogP contribution in [0.5, 0.6) is 0 Å². The van der Waals surface area contributed by atoms with E-state index in [4.69, 9.17) is 0 Å². The van der Waals surface area contributed by atoms with Gasteiger partial charge in [-0.25, -0.2) is 4.98 Å². The SMILES string of the molecule is CCCn1cc(C)nc1Nc1cccc2cnccc12. The van der Waals surface area contributed by atoms with Crippen LogP contribution in [-0.2, 0) is 6.54 Å². The summed E-state index contributed by atoms with van der Waals surface area (Å²) in [6.07, 6.45) is 6.87. The highest BCUT2D eigenvalue weighted by atomic mass is 15.2. The zero-order chi connectivity index (χ0) is 13.9. The molecule has 0 aliphatic heterocycles. The molecular weight excluding hydrogens is 248 g/mol. The number of aryl methyl sites for hydroxylation is 2. The van der Waals surface area contributed by atoms with Crippen LogP contribution in [0.3, 0.4) is 0 Å². The normalized spacial score (nSPS) is 10.9. The fourth-order valence-electron chi connectivity index (χ4n) is 2.41. The second-order valence-corrected chi connectivity index (χ2v) is 4.93. The first-order valence-electron chi connectivity index (χ1n) is 6.91. The Balaban J connectivity index is 2.01. The summed E-state index contributed by atoms with van der Waals surface area (Å²) in [5.41, 5.74) is 2.09. The zero-order valence-corrected chi connectivity index (χ0v) is 11.8. The largest absolute Gasteiger partial charge is 0.325 e. The van der Waals surface area contributed by atoms with Crippen LogP contribution in [-0.4, -0.2) is 14.5 Å². The fraction of sp³-hybridized carbons (Fsp3) is 0.250. The molecule has 0 atom stereocenters. The van der Waals surface area contributed by atoms with E-state index in [2.05, 4.69) is 45.1 Å². The topological polar surface area (TPSA) is 42.7 Å². The predicted molar refractivity (Wildman–Crippen MR) is 82.3 cm³/mol. The Hall–Kier alpha value is -2.36. The molecule has 20 heavy (non-hydrogen) atoms. The van der Waals surface area contributed by atoms with Crippen LogP contribution in [0.1, 0.15) is 19.0 Å². The molecule has 3 aromatic rings. The lowest BCUT2D eigenvalue weighted by Crippen LogP contribution is -2.03. The van der Waals surface area contributed by atoms with Crippen LogP contribution < -0.4 is 5.32 Å². The van der Waals surface area contributed by atoms with Crippen LogP contribution in [0.2, 0.25) is 0 Å². The first-order chi connectivity index (χ1) is 9.78. The van der Waals surface area contributed by atoms with E-state index in [1.807, 2.05) is 31.5 Å². The van der Waals surface area contributed by atoms with Gasteiger partial charge in [-0.2, -0.15) is 0 Å². The minimum atomic E-state index is 0.897. The van der Waals surface area contributed by atoms with Crippen LogP contribution in [0.15, 0.2) is 42.9 Å². The Morgan fingerprint density at radius 2 is 2.15 bits per heavy atom. The Labute approximate surface area is 118 Å². The van der Waals surface area contributed by atoms with Crippen molar-refractivity contribution in [1.29, 1.82) is 0 Å². The molecule has 1 aromatic carbocycles. The number of rotatable bonds is 4. The van der Waals surface area contributed by atoms with Crippen molar-refractivity contribution in [3.8, 4) is 0 Å². The van der Waals surface area contributed by atoms with Crippen molar-refractivity contribution < 1.29 is 0 Å². The van der Waals surface area contributed by atoms with Crippen LogP contribution in [0, 0.1) is 6.92 Å². The minimum Gasteiger partial charge on any atom is -0.325 e. The third-order valence-corrected chi connectivity index (χ3v) is 3.29. The Bertz CT molecular complexity index is 725.